The lowest BCUT2D eigenvalue weighted by Crippen LogP contribution is -2.44. The van der Waals surface area contributed by atoms with Crippen molar-refractivity contribution in [3.05, 3.63) is 29.8 Å². The van der Waals surface area contributed by atoms with Crippen molar-refractivity contribution in [2.75, 3.05) is 0 Å². The Morgan fingerprint density at radius 2 is 1.41 bits per heavy atom. The SMILES string of the molecule is CC(C)(C)[Si](C)(C)Oc1ccc(O[Si](C)(C)C(C)(C)C)c(C=CC(=O)O)c1. The summed E-state index contributed by atoms with van der Waals surface area (Å²) in [5, 5.41) is 9.18. The van der Waals surface area contributed by atoms with Gasteiger partial charge in [-0.15, -0.1) is 0 Å². The molecule has 1 aromatic rings. The number of rotatable bonds is 6. The standard InChI is InChI=1S/C21H36O4Si2/c1-20(2,3)26(7,8)24-17-12-13-18(16(15-17)11-14-19(22)23)25-27(9,10)21(4,5)6/h11-15H,1-10H3,(H,22,23). The monoisotopic (exact) mass is 408 g/mol. The molecule has 0 spiro atoms. The van der Waals surface area contributed by atoms with Gasteiger partial charge in [-0.05, 0) is 60.5 Å². The first kappa shape index (κ1) is 23.5. The summed E-state index contributed by atoms with van der Waals surface area (Å²) in [5.41, 5.74) is 0.735. The number of hydrogen-bond acceptors (Lipinski definition) is 3. The van der Waals surface area contributed by atoms with Crippen molar-refractivity contribution >= 4 is 28.7 Å². The van der Waals surface area contributed by atoms with Gasteiger partial charge in [-0.1, -0.05) is 41.5 Å². The Morgan fingerprint density at radius 3 is 1.85 bits per heavy atom. The van der Waals surface area contributed by atoms with Crippen LogP contribution in [0.25, 0.3) is 6.08 Å². The minimum absolute atomic E-state index is 0.0527. The second-order valence-electron chi connectivity index (χ2n) is 10.1. The molecular weight excluding hydrogens is 372 g/mol. The third-order valence-corrected chi connectivity index (χ3v) is 14.4. The van der Waals surface area contributed by atoms with E-state index in [1.54, 1.807) is 6.08 Å². The highest BCUT2D eigenvalue weighted by Crippen LogP contribution is 2.41. The molecule has 0 amide bonds. The Morgan fingerprint density at radius 1 is 0.926 bits per heavy atom. The molecule has 0 bridgehead atoms. The Hall–Kier alpha value is -1.54. The average molecular weight is 409 g/mol. The van der Waals surface area contributed by atoms with Crippen LogP contribution in [-0.2, 0) is 4.79 Å². The number of carboxylic acids is 1. The van der Waals surface area contributed by atoms with Crippen LogP contribution in [0.5, 0.6) is 11.5 Å². The maximum absolute atomic E-state index is 11.0. The van der Waals surface area contributed by atoms with Crippen molar-refractivity contribution in [3.8, 4) is 11.5 Å². The molecule has 0 unspecified atom stereocenters. The summed E-state index contributed by atoms with van der Waals surface area (Å²) in [5.74, 6) is 0.486. The Bertz CT molecular complexity index is 708. The molecule has 0 radical (unpaired) electrons. The van der Waals surface area contributed by atoms with Gasteiger partial charge in [0.1, 0.15) is 11.5 Å². The number of carbonyl (C=O) groups is 1. The summed E-state index contributed by atoms with van der Waals surface area (Å²) in [7, 11) is -4.02. The molecule has 0 saturated carbocycles. The first-order valence-corrected chi connectivity index (χ1v) is 15.2. The summed E-state index contributed by atoms with van der Waals surface area (Å²) in [6, 6.07) is 5.73. The molecule has 152 valence electrons. The van der Waals surface area contributed by atoms with Crippen LogP contribution in [0.2, 0.25) is 36.3 Å². The van der Waals surface area contributed by atoms with Crippen molar-refractivity contribution in [2.24, 2.45) is 0 Å². The lowest BCUT2D eigenvalue weighted by molar-refractivity contribution is -0.131. The number of aliphatic carboxylic acids is 1. The average Bonchev–Trinajstić information content (AvgIpc) is 2.44. The molecule has 0 aromatic heterocycles. The Balaban J connectivity index is 3.32. The fourth-order valence-electron chi connectivity index (χ4n) is 1.85. The zero-order valence-electron chi connectivity index (χ0n) is 18.6. The van der Waals surface area contributed by atoms with E-state index >= 15 is 0 Å². The van der Waals surface area contributed by atoms with E-state index in [2.05, 4.69) is 67.7 Å². The quantitative estimate of drug-likeness (QED) is 0.428. The van der Waals surface area contributed by atoms with Gasteiger partial charge in [-0.2, -0.15) is 0 Å². The predicted octanol–water partition coefficient (Wildman–Crippen LogP) is 6.55. The van der Waals surface area contributed by atoms with Crippen LogP contribution in [0.15, 0.2) is 24.3 Å². The second-order valence-corrected chi connectivity index (χ2v) is 19.5. The fraction of sp³-hybridized carbons (Fsp3) is 0.571. The van der Waals surface area contributed by atoms with Crippen LogP contribution in [0.4, 0.5) is 0 Å². The van der Waals surface area contributed by atoms with Gasteiger partial charge in [0.2, 0.25) is 8.32 Å². The molecule has 6 heteroatoms. The highest BCUT2D eigenvalue weighted by atomic mass is 28.4. The van der Waals surface area contributed by atoms with E-state index < -0.39 is 22.6 Å². The minimum Gasteiger partial charge on any atom is -0.543 e. The van der Waals surface area contributed by atoms with Crippen molar-refractivity contribution in [1.82, 2.24) is 0 Å². The van der Waals surface area contributed by atoms with Crippen LogP contribution in [-0.4, -0.2) is 27.7 Å². The zero-order chi connectivity index (χ0) is 21.3. The van der Waals surface area contributed by atoms with Crippen molar-refractivity contribution in [3.63, 3.8) is 0 Å². The van der Waals surface area contributed by atoms with E-state index in [-0.39, 0.29) is 10.1 Å². The fourth-order valence-corrected chi connectivity index (χ4v) is 3.91. The van der Waals surface area contributed by atoms with Crippen molar-refractivity contribution in [2.45, 2.75) is 77.8 Å². The van der Waals surface area contributed by atoms with E-state index in [9.17, 15) is 4.79 Å². The van der Waals surface area contributed by atoms with E-state index in [0.29, 0.717) is 5.75 Å². The normalized spacial score (nSPS) is 13.7. The molecule has 27 heavy (non-hydrogen) atoms. The van der Waals surface area contributed by atoms with Gasteiger partial charge in [0.25, 0.3) is 8.32 Å². The molecule has 0 fully saturated rings. The van der Waals surface area contributed by atoms with Gasteiger partial charge in [0.15, 0.2) is 0 Å². The topological polar surface area (TPSA) is 55.8 Å². The summed E-state index contributed by atoms with van der Waals surface area (Å²) in [6.07, 6.45) is 2.73. The van der Waals surface area contributed by atoms with Gasteiger partial charge in [0, 0.05) is 11.6 Å². The molecule has 0 aliphatic rings. The van der Waals surface area contributed by atoms with Crippen LogP contribution in [0.3, 0.4) is 0 Å². The molecular formula is C21H36O4Si2. The van der Waals surface area contributed by atoms with E-state index in [0.717, 1.165) is 17.4 Å². The van der Waals surface area contributed by atoms with Crippen LogP contribution >= 0.6 is 0 Å². The van der Waals surface area contributed by atoms with Gasteiger partial charge >= 0.3 is 5.97 Å². The zero-order valence-corrected chi connectivity index (χ0v) is 20.6. The molecule has 0 saturated heterocycles. The maximum Gasteiger partial charge on any atom is 0.328 e. The van der Waals surface area contributed by atoms with Gasteiger partial charge < -0.3 is 14.0 Å². The number of benzene rings is 1. The van der Waals surface area contributed by atoms with E-state index in [4.69, 9.17) is 14.0 Å². The lowest BCUT2D eigenvalue weighted by atomic mass is 10.2. The second kappa shape index (κ2) is 7.83. The predicted molar refractivity (Wildman–Crippen MR) is 119 cm³/mol. The molecule has 1 N–H and O–H groups in total. The Labute approximate surface area is 166 Å². The van der Waals surface area contributed by atoms with Crippen molar-refractivity contribution < 1.29 is 18.8 Å². The summed E-state index contributed by atoms with van der Waals surface area (Å²) in [4.78, 5) is 11.0. The molecule has 4 nitrogen and oxygen atoms in total. The van der Waals surface area contributed by atoms with Crippen molar-refractivity contribution in [1.29, 1.82) is 0 Å². The Kier molecular flexibility index (Phi) is 6.82. The largest absolute Gasteiger partial charge is 0.543 e. The molecule has 0 atom stereocenters. The van der Waals surface area contributed by atoms with E-state index in [1.165, 1.54) is 0 Å². The van der Waals surface area contributed by atoms with Gasteiger partial charge in [0.05, 0.1) is 0 Å². The van der Waals surface area contributed by atoms with Crippen LogP contribution < -0.4 is 8.85 Å². The summed E-state index contributed by atoms with van der Waals surface area (Å²) < 4.78 is 12.8. The van der Waals surface area contributed by atoms with Gasteiger partial charge in [-0.25, -0.2) is 4.79 Å². The highest BCUT2D eigenvalue weighted by molar-refractivity contribution is 6.75. The van der Waals surface area contributed by atoms with Gasteiger partial charge in [-0.3, -0.25) is 0 Å². The lowest BCUT2D eigenvalue weighted by Gasteiger charge is -2.38. The molecule has 0 aliphatic heterocycles. The van der Waals surface area contributed by atoms with Crippen LogP contribution in [0.1, 0.15) is 47.1 Å². The molecule has 0 heterocycles. The summed E-state index contributed by atoms with van der Waals surface area (Å²) >= 11 is 0. The number of carboxylic acid groups (broad SMARTS) is 1. The first-order chi connectivity index (χ1) is 12.0. The molecule has 1 rings (SSSR count). The highest BCUT2D eigenvalue weighted by Gasteiger charge is 2.40. The number of hydrogen-bond donors (Lipinski definition) is 1. The van der Waals surface area contributed by atoms with E-state index in [1.807, 2.05) is 18.2 Å². The summed E-state index contributed by atoms with van der Waals surface area (Å²) in [6.45, 7) is 21.9. The smallest absolute Gasteiger partial charge is 0.328 e. The molecule has 1 aromatic carbocycles. The first-order valence-electron chi connectivity index (χ1n) is 9.39. The minimum atomic E-state index is -2.04. The third-order valence-electron chi connectivity index (χ3n) is 5.74. The molecule has 0 aliphatic carbocycles. The van der Waals surface area contributed by atoms with Crippen LogP contribution in [0, 0.1) is 0 Å². The third kappa shape index (κ3) is 6.24. The maximum atomic E-state index is 11.0.